The number of carbonyl (C=O) groups excluding carboxylic acids is 1. The molecule has 0 saturated heterocycles. The summed E-state index contributed by atoms with van der Waals surface area (Å²) in [4.78, 5) is 14.1. The lowest BCUT2D eigenvalue weighted by atomic mass is 10.2. The van der Waals surface area contributed by atoms with Crippen molar-refractivity contribution in [3.63, 3.8) is 0 Å². The highest BCUT2D eigenvalue weighted by molar-refractivity contribution is 6.68. The summed E-state index contributed by atoms with van der Waals surface area (Å²) in [6.45, 7) is 0. The van der Waals surface area contributed by atoms with Crippen molar-refractivity contribution in [2.24, 2.45) is 0 Å². The molecule has 13 heavy (non-hydrogen) atoms. The zero-order valence-electron chi connectivity index (χ0n) is 6.30. The average molecular weight is 207 g/mol. The standard InChI is InChI=1S/C7H5ClF2N2O/c8-5(13)4-1-3(6(9)10)2-12-7(4)11/h1-2,6H,(H2,11,12). The molecule has 0 aromatic carbocycles. The first-order valence-electron chi connectivity index (χ1n) is 3.25. The van der Waals surface area contributed by atoms with Gasteiger partial charge in [0.15, 0.2) is 0 Å². The van der Waals surface area contributed by atoms with Gasteiger partial charge in [-0.2, -0.15) is 0 Å². The topological polar surface area (TPSA) is 56.0 Å². The normalized spacial score (nSPS) is 10.5. The van der Waals surface area contributed by atoms with E-state index in [1.807, 2.05) is 0 Å². The van der Waals surface area contributed by atoms with Crippen molar-refractivity contribution in [2.75, 3.05) is 5.73 Å². The first-order chi connectivity index (χ1) is 6.02. The number of aromatic nitrogens is 1. The molecule has 0 aliphatic heterocycles. The molecule has 2 N–H and O–H groups in total. The van der Waals surface area contributed by atoms with E-state index < -0.39 is 11.7 Å². The molecule has 0 spiro atoms. The van der Waals surface area contributed by atoms with Crippen LogP contribution in [0.1, 0.15) is 22.3 Å². The molecule has 3 nitrogen and oxygen atoms in total. The molecule has 0 bridgehead atoms. The lowest BCUT2D eigenvalue weighted by Crippen LogP contribution is -2.02. The van der Waals surface area contributed by atoms with E-state index in [4.69, 9.17) is 17.3 Å². The molecule has 0 radical (unpaired) electrons. The first kappa shape index (κ1) is 9.85. The van der Waals surface area contributed by atoms with Gasteiger partial charge in [0.25, 0.3) is 11.7 Å². The van der Waals surface area contributed by atoms with Crippen LogP contribution in [0.5, 0.6) is 0 Å². The van der Waals surface area contributed by atoms with E-state index in [0.717, 1.165) is 12.3 Å². The molecule has 0 fully saturated rings. The van der Waals surface area contributed by atoms with Gasteiger partial charge in [-0.25, -0.2) is 13.8 Å². The van der Waals surface area contributed by atoms with Crippen LogP contribution in [0.3, 0.4) is 0 Å². The van der Waals surface area contributed by atoms with E-state index >= 15 is 0 Å². The van der Waals surface area contributed by atoms with Crippen molar-refractivity contribution in [2.45, 2.75) is 6.43 Å². The van der Waals surface area contributed by atoms with Gasteiger partial charge < -0.3 is 5.73 Å². The second-order valence-corrected chi connectivity index (χ2v) is 2.62. The minimum atomic E-state index is -2.69. The fourth-order valence-electron chi connectivity index (χ4n) is 0.768. The monoisotopic (exact) mass is 206 g/mol. The van der Waals surface area contributed by atoms with Gasteiger partial charge in [-0.05, 0) is 17.7 Å². The molecule has 0 unspecified atom stereocenters. The number of nitrogens with two attached hydrogens (primary N) is 1. The summed E-state index contributed by atoms with van der Waals surface area (Å²) in [7, 11) is 0. The fourth-order valence-corrected chi connectivity index (χ4v) is 0.920. The van der Waals surface area contributed by atoms with Gasteiger partial charge in [0, 0.05) is 11.8 Å². The van der Waals surface area contributed by atoms with E-state index in [1.54, 1.807) is 0 Å². The molecular formula is C7H5ClF2N2O. The Morgan fingerprint density at radius 1 is 1.62 bits per heavy atom. The minimum Gasteiger partial charge on any atom is -0.383 e. The maximum atomic E-state index is 12.1. The SMILES string of the molecule is Nc1ncc(C(F)F)cc1C(=O)Cl. The molecule has 70 valence electrons. The van der Waals surface area contributed by atoms with E-state index in [0.29, 0.717) is 0 Å². The Morgan fingerprint density at radius 3 is 2.69 bits per heavy atom. The zero-order valence-corrected chi connectivity index (χ0v) is 7.05. The summed E-state index contributed by atoms with van der Waals surface area (Å²) in [5, 5.41) is -0.896. The predicted molar refractivity (Wildman–Crippen MR) is 43.8 cm³/mol. The molecule has 0 saturated carbocycles. The molecule has 0 atom stereocenters. The highest BCUT2D eigenvalue weighted by Crippen LogP contribution is 2.21. The van der Waals surface area contributed by atoms with Crippen molar-refractivity contribution in [1.82, 2.24) is 4.98 Å². The minimum absolute atomic E-state index is 0.149. The number of pyridine rings is 1. The van der Waals surface area contributed by atoms with E-state index in [-0.39, 0.29) is 16.9 Å². The zero-order chi connectivity index (χ0) is 10.0. The van der Waals surface area contributed by atoms with Crippen LogP contribution >= 0.6 is 11.6 Å². The Bertz CT molecular complexity index is 343. The summed E-state index contributed by atoms with van der Waals surface area (Å²) < 4.78 is 24.2. The van der Waals surface area contributed by atoms with Crippen molar-refractivity contribution in [1.29, 1.82) is 0 Å². The van der Waals surface area contributed by atoms with Gasteiger partial charge in [0.2, 0.25) is 0 Å². The summed E-state index contributed by atoms with van der Waals surface area (Å²) in [6.07, 6.45) is -1.79. The molecule has 0 aliphatic rings. The second kappa shape index (κ2) is 3.66. The van der Waals surface area contributed by atoms with E-state index in [1.165, 1.54) is 0 Å². The van der Waals surface area contributed by atoms with Gasteiger partial charge in [-0.15, -0.1) is 0 Å². The number of halogens is 3. The van der Waals surface area contributed by atoms with Crippen molar-refractivity contribution >= 4 is 22.7 Å². The smallest absolute Gasteiger partial charge is 0.265 e. The Hall–Kier alpha value is -1.23. The highest BCUT2D eigenvalue weighted by Gasteiger charge is 2.13. The Balaban J connectivity index is 3.19. The van der Waals surface area contributed by atoms with Crippen LogP contribution in [-0.2, 0) is 0 Å². The van der Waals surface area contributed by atoms with Gasteiger partial charge in [-0.1, -0.05) is 0 Å². The van der Waals surface area contributed by atoms with Crippen LogP contribution in [-0.4, -0.2) is 10.2 Å². The number of nitrogens with zero attached hydrogens (tertiary/aromatic N) is 1. The maximum Gasteiger partial charge on any atom is 0.265 e. The molecule has 1 aromatic rings. The third-order valence-corrected chi connectivity index (χ3v) is 1.61. The molecule has 1 aromatic heterocycles. The lowest BCUT2D eigenvalue weighted by Gasteiger charge is -2.02. The van der Waals surface area contributed by atoms with Gasteiger partial charge in [0.1, 0.15) is 5.82 Å². The largest absolute Gasteiger partial charge is 0.383 e. The Morgan fingerprint density at radius 2 is 2.23 bits per heavy atom. The molecular weight excluding hydrogens is 202 g/mol. The van der Waals surface area contributed by atoms with Crippen molar-refractivity contribution < 1.29 is 13.6 Å². The van der Waals surface area contributed by atoms with Crippen LogP contribution in [0, 0.1) is 0 Å². The van der Waals surface area contributed by atoms with Crippen LogP contribution in [0.15, 0.2) is 12.3 Å². The van der Waals surface area contributed by atoms with Gasteiger partial charge in [-0.3, -0.25) is 4.79 Å². The van der Waals surface area contributed by atoms with Crippen LogP contribution in [0.25, 0.3) is 0 Å². The number of nitrogen functional groups attached to an aromatic ring is 1. The average Bonchev–Trinajstić information content (AvgIpc) is 2.04. The van der Waals surface area contributed by atoms with E-state index in [2.05, 4.69) is 4.98 Å². The van der Waals surface area contributed by atoms with Crippen molar-refractivity contribution in [3.05, 3.63) is 23.4 Å². The number of hydrogen-bond donors (Lipinski definition) is 1. The van der Waals surface area contributed by atoms with E-state index in [9.17, 15) is 13.6 Å². The molecule has 1 rings (SSSR count). The summed E-state index contributed by atoms with van der Waals surface area (Å²) in [5.74, 6) is -0.149. The van der Waals surface area contributed by atoms with Crippen LogP contribution in [0.4, 0.5) is 14.6 Å². The maximum absolute atomic E-state index is 12.1. The number of alkyl halides is 2. The summed E-state index contributed by atoms with van der Waals surface area (Å²) in [5.41, 5.74) is 4.66. The number of hydrogen-bond acceptors (Lipinski definition) is 3. The van der Waals surface area contributed by atoms with Crippen LogP contribution in [0.2, 0.25) is 0 Å². The molecule has 6 heteroatoms. The quantitative estimate of drug-likeness (QED) is 0.753. The highest BCUT2D eigenvalue weighted by atomic mass is 35.5. The Labute approximate surface area is 77.5 Å². The molecule has 1 heterocycles. The summed E-state index contributed by atoms with van der Waals surface area (Å²) in [6, 6.07) is 0.933. The fraction of sp³-hybridized carbons (Fsp3) is 0.143. The lowest BCUT2D eigenvalue weighted by molar-refractivity contribution is 0.108. The first-order valence-corrected chi connectivity index (χ1v) is 3.63. The number of rotatable bonds is 2. The van der Waals surface area contributed by atoms with Gasteiger partial charge >= 0.3 is 0 Å². The second-order valence-electron chi connectivity index (χ2n) is 2.28. The third-order valence-electron chi connectivity index (χ3n) is 1.40. The predicted octanol–water partition coefficient (Wildman–Crippen LogP) is 1.98. The van der Waals surface area contributed by atoms with Gasteiger partial charge in [0.05, 0.1) is 5.56 Å². The molecule has 0 amide bonds. The third kappa shape index (κ3) is 2.12. The Kier molecular flexibility index (Phi) is 2.77. The molecule has 0 aliphatic carbocycles. The van der Waals surface area contributed by atoms with Crippen LogP contribution < -0.4 is 5.73 Å². The van der Waals surface area contributed by atoms with Crippen molar-refractivity contribution in [3.8, 4) is 0 Å². The summed E-state index contributed by atoms with van der Waals surface area (Å²) >= 11 is 5.08. The number of carbonyl (C=O) groups is 1. The number of anilines is 1.